The second kappa shape index (κ2) is 9.03. The summed E-state index contributed by atoms with van der Waals surface area (Å²) in [6, 6.07) is 17.1. The van der Waals surface area contributed by atoms with E-state index in [1.54, 1.807) is 12.3 Å². The summed E-state index contributed by atoms with van der Waals surface area (Å²) >= 11 is 0. The molecule has 2 aliphatic rings. The monoisotopic (exact) mass is 442 g/mol. The molecule has 5 rings (SSSR count). The van der Waals surface area contributed by atoms with Crippen LogP contribution in [0.15, 0.2) is 65.8 Å². The van der Waals surface area contributed by atoms with E-state index >= 15 is 0 Å². The highest BCUT2D eigenvalue weighted by Crippen LogP contribution is 2.32. The zero-order chi connectivity index (χ0) is 22.8. The molecule has 1 aromatic heterocycles. The van der Waals surface area contributed by atoms with Crippen molar-refractivity contribution in [3.05, 3.63) is 83.2 Å². The summed E-state index contributed by atoms with van der Waals surface area (Å²) in [5.41, 5.74) is 4.61. The van der Waals surface area contributed by atoms with Gasteiger partial charge in [-0.3, -0.25) is 14.8 Å². The molecule has 33 heavy (non-hydrogen) atoms. The number of aliphatic hydroxyl groups is 1. The molecule has 0 radical (unpaired) electrons. The van der Waals surface area contributed by atoms with Crippen LogP contribution in [0.2, 0.25) is 0 Å². The number of hydrogen-bond donors (Lipinski definition) is 3. The number of ether oxygens (including phenoxy) is 1. The fourth-order valence-electron chi connectivity index (χ4n) is 4.33. The van der Waals surface area contributed by atoms with E-state index in [9.17, 15) is 9.90 Å². The summed E-state index contributed by atoms with van der Waals surface area (Å²) in [5.74, 6) is 1.44. The molecule has 2 unspecified atom stereocenters. The maximum absolute atomic E-state index is 12.9. The van der Waals surface area contributed by atoms with Crippen molar-refractivity contribution in [3.8, 4) is 11.5 Å². The lowest BCUT2D eigenvalue weighted by Crippen LogP contribution is -2.39. The third-order valence-corrected chi connectivity index (χ3v) is 6.02. The zero-order valence-electron chi connectivity index (χ0n) is 18.4. The van der Waals surface area contributed by atoms with Gasteiger partial charge in [0, 0.05) is 24.5 Å². The standard InChI is InChI=1S/C26H26N4O3/c1-16-3-2-4-19(11-16)30-26(32)22-13-18-12-20(6-5-17(18)14-24(22)31)33-21-7-8-27-23(15-21)25-28-9-10-29-25/h2-8,11-12,15,22,24,31H,9-10,13-14H2,1H3,(H,28,29)(H,30,32). The number of aliphatic hydroxyl groups excluding tert-OH is 1. The van der Waals surface area contributed by atoms with Gasteiger partial charge in [-0.05, 0) is 66.8 Å². The average molecular weight is 443 g/mol. The van der Waals surface area contributed by atoms with Crippen molar-refractivity contribution in [2.75, 3.05) is 18.4 Å². The van der Waals surface area contributed by atoms with Crippen molar-refractivity contribution < 1.29 is 14.6 Å². The number of amides is 1. The zero-order valence-corrected chi connectivity index (χ0v) is 18.4. The van der Waals surface area contributed by atoms with Gasteiger partial charge in [0.1, 0.15) is 23.0 Å². The summed E-state index contributed by atoms with van der Waals surface area (Å²) < 4.78 is 6.09. The number of aromatic nitrogens is 1. The first-order valence-electron chi connectivity index (χ1n) is 11.2. The van der Waals surface area contributed by atoms with Crippen LogP contribution in [0.25, 0.3) is 0 Å². The lowest BCUT2D eigenvalue weighted by atomic mass is 9.81. The maximum atomic E-state index is 12.9. The van der Waals surface area contributed by atoms with Gasteiger partial charge in [0.05, 0.1) is 18.6 Å². The number of aryl methyl sites for hydroxylation is 1. The smallest absolute Gasteiger partial charge is 0.230 e. The summed E-state index contributed by atoms with van der Waals surface area (Å²) in [6.45, 7) is 3.54. The molecule has 0 bridgehead atoms. The number of benzene rings is 2. The van der Waals surface area contributed by atoms with Gasteiger partial charge < -0.3 is 20.5 Å². The fraction of sp³-hybridized carbons (Fsp3) is 0.269. The number of anilines is 1. The van der Waals surface area contributed by atoms with Gasteiger partial charge in [-0.25, -0.2) is 0 Å². The summed E-state index contributed by atoms with van der Waals surface area (Å²) in [7, 11) is 0. The molecule has 1 aliphatic carbocycles. The Kier molecular flexibility index (Phi) is 5.79. The Morgan fingerprint density at radius 2 is 1.97 bits per heavy atom. The van der Waals surface area contributed by atoms with Crippen molar-refractivity contribution in [1.82, 2.24) is 10.3 Å². The molecule has 0 fully saturated rings. The molecule has 2 atom stereocenters. The van der Waals surface area contributed by atoms with E-state index in [2.05, 4.69) is 20.6 Å². The molecule has 3 aromatic rings. The number of aliphatic imine (C=N–C) groups is 1. The Morgan fingerprint density at radius 1 is 1.09 bits per heavy atom. The van der Waals surface area contributed by atoms with Gasteiger partial charge in [0.15, 0.2) is 0 Å². The molecule has 1 aliphatic heterocycles. The van der Waals surface area contributed by atoms with Crippen LogP contribution in [0, 0.1) is 12.8 Å². The van der Waals surface area contributed by atoms with Gasteiger partial charge in [0.25, 0.3) is 0 Å². The van der Waals surface area contributed by atoms with Crippen LogP contribution in [0.3, 0.4) is 0 Å². The lowest BCUT2D eigenvalue weighted by Gasteiger charge is -2.29. The normalized spacial score (nSPS) is 19.3. The summed E-state index contributed by atoms with van der Waals surface area (Å²) in [5, 5.41) is 16.8. The van der Waals surface area contributed by atoms with Crippen LogP contribution in [0.4, 0.5) is 5.69 Å². The number of amidine groups is 1. The molecule has 3 N–H and O–H groups in total. The van der Waals surface area contributed by atoms with Crippen molar-refractivity contribution in [1.29, 1.82) is 0 Å². The van der Waals surface area contributed by atoms with Crippen molar-refractivity contribution >= 4 is 17.4 Å². The fourth-order valence-corrected chi connectivity index (χ4v) is 4.33. The minimum absolute atomic E-state index is 0.173. The Labute approximate surface area is 192 Å². The molecule has 1 amide bonds. The second-order valence-electron chi connectivity index (χ2n) is 8.51. The summed E-state index contributed by atoms with van der Waals surface area (Å²) in [4.78, 5) is 21.7. The molecular weight excluding hydrogens is 416 g/mol. The minimum Gasteiger partial charge on any atom is -0.457 e. The van der Waals surface area contributed by atoms with Gasteiger partial charge in [-0.1, -0.05) is 18.2 Å². The van der Waals surface area contributed by atoms with E-state index in [1.807, 2.05) is 55.5 Å². The highest BCUT2D eigenvalue weighted by atomic mass is 16.5. The topological polar surface area (TPSA) is 95.8 Å². The minimum atomic E-state index is -0.725. The molecule has 168 valence electrons. The maximum Gasteiger partial charge on any atom is 0.230 e. The van der Waals surface area contributed by atoms with Crippen LogP contribution in [-0.2, 0) is 17.6 Å². The van der Waals surface area contributed by atoms with Crippen molar-refractivity contribution in [3.63, 3.8) is 0 Å². The number of rotatable bonds is 5. The lowest BCUT2D eigenvalue weighted by molar-refractivity contribution is -0.123. The summed E-state index contributed by atoms with van der Waals surface area (Å²) in [6.07, 6.45) is 1.87. The predicted molar refractivity (Wildman–Crippen MR) is 127 cm³/mol. The van der Waals surface area contributed by atoms with Crippen molar-refractivity contribution in [2.45, 2.75) is 25.9 Å². The van der Waals surface area contributed by atoms with Crippen LogP contribution >= 0.6 is 0 Å². The van der Waals surface area contributed by atoms with Gasteiger partial charge in [-0.2, -0.15) is 0 Å². The number of carbonyl (C=O) groups is 1. The highest BCUT2D eigenvalue weighted by Gasteiger charge is 2.32. The van der Waals surface area contributed by atoms with Gasteiger partial charge in [0.2, 0.25) is 5.91 Å². The number of carbonyl (C=O) groups excluding carboxylic acids is 1. The van der Waals surface area contributed by atoms with E-state index in [4.69, 9.17) is 4.74 Å². The van der Waals surface area contributed by atoms with E-state index < -0.39 is 12.0 Å². The third kappa shape index (κ3) is 4.73. The third-order valence-electron chi connectivity index (χ3n) is 6.02. The van der Waals surface area contributed by atoms with Crippen LogP contribution < -0.4 is 15.4 Å². The van der Waals surface area contributed by atoms with Gasteiger partial charge >= 0.3 is 0 Å². The molecule has 2 heterocycles. The van der Waals surface area contributed by atoms with Crippen molar-refractivity contribution in [2.24, 2.45) is 10.9 Å². The average Bonchev–Trinajstić information content (AvgIpc) is 3.34. The quantitative estimate of drug-likeness (QED) is 0.564. The molecule has 0 saturated carbocycles. The SMILES string of the molecule is Cc1cccc(NC(=O)C2Cc3cc(Oc4ccnc(C5=NCCN5)c4)ccc3CC2O)c1. The molecule has 0 spiro atoms. The second-order valence-corrected chi connectivity index (χ2v) is 8.51. The molecule has 7 nitrogen and oxygen atoms in total. The Hall–Kier alpha value is -3.71. The van der Waals surface area contributed by atoms with E-state index in [1.165, 1.54) is 0 Å². The van der Waals surface area contributed by atoms with Crippen LogP contribution in [-0.4, -0.2) is 41.0 Å². The molecule has 7 heteroatoms. The largest absolute Gasteiger partial charge is 0.457 e. The van der Waals surface area contributed by atoms with Gasteiger partial charge in [-0.15, -0.1) is 0 Å². The Balaban J connectivity index is 1.31. The molecule has 0 saturated heterocycles. The van der Waals surface area contributed by atoms with E-state index in [-0.39, 0.29) is 5.91 Å². The molecule has 2 aromatic carbocycles. The highest BCUT2D eigenvalue weighted by molar-refractivity contribution is 5.98. The Bertz CT molecular complexity index is 1220. The van der Waals surface area contributed by atoms with E-state index in [0.29, 0.717) is 24.3 Å². The Morgan fingerprint density at radius 3 is 2.79 bits per heavy atom. The van der Waals surface area contributed by atoms with Crippen LogP contribution in [0.1, 0.15) is 22.4 Å². The first-order chi connectivity index (χ1) is 16.0. The van der Waals surface area contributed by atoms with E-state index in [0.717, 1.165) is 47.0 Å². The number of nitrogens with one attached hydrogen (secondary N) is 2. The number of nitrogens with zero attached hydrogens (tertiary/aromatic N) is 2. The first-order valence-corrected chi connectivity index (χ1v) is 11.2. The number of fused-ring (bicyclic) bond motifs is 1. The van der Waals surface area contributed by atoms with Crippen LogP contribution in [0.5, 0.6) is 11.5 Å². The first kappa shape index (κ1) is 21.2. The molecular formula is C26H26N4O3. The number of pyridine rings is 1. The predicted octanol–water partition coefficient (Wildman–Crippen LogP) is 3.25. The number of hydrogen-bond acceptors (Lipinski definition) is 6.